The average Bonchev–Trinajstić information content (AvgIpc) is 2.93. The van der Waals surface area contributed by atoms with Crippen LogP contribution in [0.4, 0.5) is 5.69 Å². The quantitative estimate of drug-likeness (QED) is 0.938. The van der Waals surface area contributed by atoms with Crippen LogP contribution in [0.2, 0.25) is 0 Å². The van der Waals surface area contributed by atoms with Gasteiger partial charge in [-0.3, -0.25) is 4.31 Å². The second-order valence-corrected chi connectivity index (χ2v) is 7.58. The maximum absolute atomic E-state index is 12.9. The number of carbonyl (C=O) groups is 1. The molecule has 0 spiro atoms. The summed E-state index contributed by atoms with van der Waals surface area (Å²) in [5, 5.41) is 9.04. The summed E-state index contributed by atoms with van der Waals surface area (Å²) in [6, 6.07) is 9.65. The van der Waals surface area contributed by atoms with Crippen molar-refractivity contribution in [2.75, 3.05) is 10.8 Å². The summed E-state index contributed by atoms with van der Waals surface area (Å²) in [5.41, 5.74) is 3.45. The van der Waals surface area contributed by atoms with E-state index < -0.39 is 16.0 Å². The zero-order valence-electron chi connectivity index (χ0n) is 12.9. The zero-order chi connectivity index (χ0) is 16.8. The Kier molecular flexibility index (Phi) is 3.64. The van der Waals surface area contributed by atoms with E-state index in [0.29, 0.717) is 18.7 Å². The second-order valence-electron chi connectivity index (χ2n) is 5.72. The van der Waals surface area contributed by atoms with Gasteiger partial charge in [0.1, 0.15) is 0 Å². The molecule has 1 N–H and O–H groups in total. The summed E-state index contributed by atoms with van der Waals surface area (Å²) in [7, 11) is -3.64. The Bertz CT molecular complexity index is 903. The van der Waals surface area contributed by atoms with Gasteiger partial charge in [0, 0.05) is 6.54 Å². The molecule has 1 aliphatic heterocycles. The first-order valence-corrected chi connectivity index (χ1v) is 8.71. The summed E-state index contributed by atoms with van der Waals surface area (Å²) in [4.78, 5) is 11.3. The van der Waals surface area contributed by atoms with E-state index in [9.17, 15) is 13.2 Å². The lowest BCUT2D eigenvalue weighted by Gasteiger charge is -2.20. The van der Waals surface area contributed by atoms with Crippen molar-refractivity contribution in [2.24, 2.45) is 0 Å². The Morgan fingerprint density at radius 2 is 1.83 bits per heavy atom. The molecule has 0 fully saturated rings. The highest BCUT2D eigenvalue weighted by Gasteiger charge is 2.31. The maximum atomic E-state index is 12.9. The molecule has 2 aromatic carbocycles. The van der Waals surface area contributed by atoms with Crippen molar-refractivity contribution in [2.45, 2.75) is 25.2 Å². The zero-order valence-corrected chi connectivity index (χ0v) is 13.7. The smallest absolute Gasteiger partial charge is 0.335 e. The molecule has 0 bridgehead atoms. The van der Waals surface area contributed by atoms with E-state index in [-0.39, 0.29) is 10.5 Å². The number of anilines is 1. The lowest BCUT2D eigenvalue weighted by molar-refractivity contribution is 0.0697. The molecule has 0 atom stereocenters. The number of hydrogen-bond acceptors (Lipinski definition) is 3. The highest BCUT2D eigenvalue weighted by Crippen LogP contribution is 2.34. The van der Waals surface area contributed by atoms with Crippen molar-refractivity contribution in [1.82, 2.24) is 0 Å². The first kappa shape index (κ1) is 15.6. The van der Waals surface area contributed by atoms with Gasteiger partial charge in [0.25, 0.3) is 10.0 Å². The highest BCUT2D eigenvalue weighted by molar-refractivity contribution is 7.92. The Hall–Kier alpha value is -2.34. The minimum absolute atomic E-state index is 0.175. The molecule has 0 saturated carbocycles. The van der Waals surface area contributed by atoms with Crippen LogP contribution in [0.25, 0.3) is 0 Å². The maximum Gasteiger partial charge on any atom is 0.335 e. The fourth-order valence-corrected chi connectivity index (χ4v) is 4.34. The Morgan fingerprint density at radius 1 is 1.09 bits per heavy atom. The van der Waals surface area contributed by atoms with E-state index in [1.165, 1.54) is 10.4 Å². The standard InChI is InChI=1S/C17H17NO4S/c1-11-3-5-15(9-12(11)2)23(21,22)18-8-7-13-10-14(17(19)20)4-6-16(13)18/h3-6,9-10H,7-8H2,1-2H3,(H,19,20). The summed E-state index contributed by atoms with van der Waals surface area (Å²) < 4.78 is 27.1. The molecule has 0 aromatic heterocycles. The van der Waals surface area contributed by atoms with Crippen molar-refractivity contribution in [3.05, 3.63) is 58.7 Å². The van der Waals surface area contributed by atoms with Crippen LogP contribution < -0.4 is 4.31 Å². The summed E-state index contributed by atoms with van der Waals surface area (Å²) in [6.45, 7) is 4.14. The summed E-state index contributed by atoms with van der Waals surface area (Å²) in [5.74, 6) is -1.01. The monoisotopic (exact) mass is 331 g/mol. The van der Waals surface area contributed by atoms with E-state index in [0.717, 1.165) is 16.7 Å². The van der Waals surface area contributed by atoms with Crippen LogP contribution in [-0.4, -0.2) is 26.0 Å². The Labute approximate surface area is 135 Å². The molecule has 0 aliphatic carbocycles. The number of sulfonamides is 1. The molecular formula is C17H17NO4S. The van der Waals surface area contributed by atoms with Gasteiger partial charge >= 0.3 is 5.97 Å². The molecule has 0 saturated heterocycles. The van der Waals surface area contributed by atoms with Crippen LogP contribution in [0.15, 0.2) is 41.3 Å². The van der Waals surface area contributed by atoms with Crippen LogP contribution >= 0.6 is 0 Å². The number of carboxylic acid groups (broad SMARTS) is 1. The molecule has 3 rings (SSSR count). The van der Waals surface area contributed by atoms with Crippen LogP contribution in [0.5, 0.6) is 0 Å². The lowest BCUT2D eigenvalue weighted by atomic mass is 10.1. The number of benzene rings is 2. The molecule has 0 radical (unpaired) electrons. The largest absolute Gasteiger partial charge is 0.478 e. The van der Waals surface area contributed by atoms with Gasteiger partial charge < -0.3 is 5.11 Å². The van der Waals surface area contributed by atoms with Gasteiger partial charge in [-0.05, 0) is 67.3 Å². The number of aryl methyl sites for hydroxylation is 2. The third-order valence-electron chi connectivity index (χ3n) is 4.25. The predicted octanol–water partition coefficient (Wildman–Crippen LogP) is 2.75. The average molecular weight is 331 g/mol. The molecule has 1 aliphatic rings. The Morgan fingerprint density at radius 3 is 2.48 bits per heavy atom. The summed E-state index contributed by atoms with van der Waals surface area (Å²) in [6.07, 6.45) is 0.514. The number of fused-ring (bicyclic) bond motifs is 1. The molecular weight excluding hydrogens is 314 g/mol. The molecule has 1 heterocycles. The van der Waals surface area contributed by atoms with Crippen LogP contribution in [0.1, 0.15) is 27.0 Å². The first-order chi connectivity index (χ1) is 10.8. The number of rotatable bonds is 3. The van der Waals surface area contributed by atoms with Gasteiger partial charge in [-0.15, -0.1) is 0 Å². The first-order valence-electron chi connectivity index (χ1n) is 7.27. The van der Waals surface area contributed by atoms with Crippen molar-refractivity contribution < 1.29 is 18.3 Å². The predicted molar refractivity (Wildman–Crippen MR) is 87.6 cm³/mol. The molecule has 5 nitrogen and oxygen atoms in total. The van der Waals surface area contributed by atoms with Gasteiger partial charge in [-0.2, -0.15) is 0 Å². The minimum Gasteiger partial charge on any atom is -0.478 e. The van der Waals surface area contributed by atoms with E-state index in [1.54, 1.807) is 30.3 Å². The molecule has 120 valence electrons. The van der Waals surface area contributed by atoms with Crippen LogP contribution in [0, 0.1) is 13.8 Å². The van der Waals surface area contributed by atoms with Crippen LogP contribution in [-0.2, 0) is 16.4 Å². The van der Waals surface area contributed by atoms with E-state index in [4.69, 9.17) is 5.11 Å². The number of hydrogen-bond donors (Lipinski definition) is 1. The van der Waals surface area contributed by atoms with Gasteiger partial charge in [0.2, 0.25) is 0 Å². The van der Waals surface area contributed by atoms with Gasteiger partial charge in [-0.25, -0.2) is 13.2 Å². The molecule has 6 heteroatoms. The number of carboxylic acids is 1. The van der Waals surface area contributed by atoms with E-state index in [2.05, 4.69) is 0 Å². The topological polar surface area (TPSA) is 74.7 Å². The fraction of sp³-hybridized carbons (Fsp3) is 0.235. The molecule has 0 unspecified atom stereocenters. The van der Waals surface area contributed by atoms with Gasteiger partial charge in [0.05, 0.1) is 16.1 Å². The molecule has 0 amide bonds. The Balaban J connectivity index is 2.04. The molecule has 2 aromatic rings. The van der Waals surface area contributed by atoms with Crippen molar-refractivity contribution in [3.8, 4) is 0 Å². The minimum atomic E-state index is -3.64. The van der Waals surface area contributed by atoms with Crippen molar-refractivity contribution in [3.63, 3.8) is 0 Å². The van der Waals surface area contributed by atoms with E-state index in [1.807, 2.05) is 13.8 Å². The third kappa shape index (κ3) is 2.59. The highest BCUT2D eigenvalue weighted by atomic mass is 32.2. The molecule has 23 heavy (non-hydrogen) atoms. The van der Waals surface area contributed by atoms with Crippen molar-refractivity contribution >= 4 is 21.7 Å². The lowest BCUT2D eigenvalue weighted by Crippen LogP contribution is -2.29. The second kappa shape index (κ2) is 5.38. The van der Waals surface area contributed by atoms with Crippen molar-refractivity contribution in [1.29, 1.82) is 0 Å². The number of aromatic carboxylic acids is 1. The fourth-order valence-electron chi connectivity index (χ4n) is 2.76. The number of nitrogens with zero attached hydrogens (tertiary/aromatic N) is 1. The van der Waals surface area contributed by atoms with E-state index >= 15 is 0 Å². The van der Waals surface area contributed by atoms with Crippen LogP contribution in [0.3, 0.4) is 0 Å². The third-order valence-corrected chi connectivity index (χ3v) is 6.05. The van der Waals surface area contributed by atoms with Gasteiger partial charge in [-0.1, -0.05) is 6.07 Å². The van der Waals surface area contributed by atoms with Gasteiger partial charge in [0.15, 0.2) is 0 Å². The normalized spacial score (nSPS) is 13.9. The summed E-state index contributed by atoms with van der Waals surface area (Å²) >= 11 is 0. The SMILES string of the molecule is Cc1ccc(S(=O)(=O)N2CCc3cc(C(=O)O)ccc32)cc1C.